The SMILES string of the molecule is CC(NC(=O)CN=C=O)C(=O)O. The molecule has 0 aromatic heterocycles. The Kier molecular flexibility index (Phi) is 4.33. The third-order valence-corrected chi connectivity index (χ3v) is 1.04. The summed E-state index contributed by atoms with van der Waals surface area (Å²) in [5, 5.41) is 10.4. The molecule has 12 heavy (non-hydrogen) atoms. The van der Waals surface area contributed by atoms with E-state index in [-0.39, 0.29) is 6.54 Å². The predicted octanol–water partition coefficient (Wildman–Crippen LogP) is -1.09. The van der Waals surface area contributed by atoms with Gasteiger partial charge in [-0.25, -0.2) is 4.79 Å². The Morgan fingerprint density at radius 3 is 2.67 bits per heavy atom. The van der Waals surface area contributed by atoms with Crippen LogP contribution in [0.3, 0.4) is 0 Å². The van der Waals surface area contributed by atoms with E-state index in [4.69, 9.17) is 5.11 Å². The van der Waals surface area contributed by atoms with Gasteiger partial charge >= 0.3 is 5.97 Å². The van der Waals surface area contributed by atoms with E-state index in [9.17, 15) is 14.4 Å². The lowest BCUT2D eigenvalue weighted by Crippen LogP contribution is -2.39. The van der Waals surface area contributed by atoms with E-state index >= 15 is 0 Å². The Bertz CT molecular complexity index is 232. The van der Waals surface area contributed by atoms with Gasteiger partial charge in [-0.2, -0.15) is 4.99 Å². The van der Waals surface area contributed by atoms with E-state index in [2.05, 4.69) is 10.3 Å². The first kappa shape index (κ1) is 10.3. The molecule has 0 bridgehead atoms. The largest absolute Gasteiger partial charge is 0.480 e. The summed E-state index contributed by atoms with van der Waals surface area (Å²) in [5.41, 5.74) is 0. The highest BCUT2D eigenvalue weighted by molar-refractivity contribution is 5.84. The number of nitrogens with zero attached hydrogens (tertiary/aromatic N) is 1. The number of nitrogens with one attached hydrogen (secondary N) is 1. The molecule has 0 aromatic rings. The molecule has 0 aliphatic heterocycles. The van der Waals surface area contributed by atoms with Crippen molar-refractivity contribution in [3.63, 3.8) is 0 Å². The molecule has 2 N–H and O–H groups in total. The Hall–Kier alpha value is -1.68. The maximum absolute atomic E-state index is 10.7. The van der Waals surface area contributed by atoms with Crippen molar-refractivity contribution in [3.05, 3.63) is 0 Å². The molecule has 0 aromatic carbocycles. The van der Waals surface area contributed by atoms with Gasteiger partial charge in [-0.3, -0.25) is 9.59 Å². The molecule has 0 rings (SSSR count). The number of isocyanates is 1. The van der Waals surface area contributed by atoms with Crippen molar-refractivity contribution in [1.29, 1.82) is 0 Å². The minimum Gasteiger partial charge on any atom is -0.480 e. The number of hydrogen-bond donors (Lipinski definition) is 2. The van der Waals surface area contributed by atoms with Gasteiger partial charge in [0.1, 0.15) is 12.6 Å². The van der Waals surface area contributed by atoms with Crippen LogP contribution in [-0.4, -0.2) is 35.6 Å². The number of carboxylic acid groups (broad SMARTS) is 1. The fourth-order valence-corrected chi connectivity index (χ4v) is 0.453. The van der Waals surface area contributed by atoms with E-state index in [1.807, 2.05) is 0 Å². The van der Waals surface area contributed by atoms with E-state index in [1.54, 1.807) is 0 Å². The first-order chi connectivity index (χ1) is 5.57. The number of carbonyl (C=O) groups is 2. The molecule has 0 fully saturated rings. The second kappa shape index (κ2) is 5.03. The molecule has 0 aliphatic carbocycles. The maximum Gasteiger partial charge on any atom is 0.325 e. The Balaban J connectivity index is 3.84. The van der Waals surface area contributed by atoms with E-state index < -0.39 is 17.9 Å². The third-order valence-electron chi connectivity index (χ3n) is 1.04. The van der Waals surface area contributed by atoms with Crippen LogP contribution in [0.4, 0.5) is 0 Å². The van der Waals surface area contributed by atoms with Crippen molar-refractivity contribution in [2.24, 2.45) is 4.99 Å². The van der Waals surface area contributed by atoms with Crippen molar-refractivity contribution < 1.29 is 19.5 Å². The summed E-state index contributed by atoms with van der Waals surface area (Å²) in [4.78, 5) is 33.4. The predicted molar refractivity (Wildman–Crippen MR) is 38.2 cm³/mol. The number of hydrogen-bond acceptors (Lipinski definition) is 4. The summed E-state index contributed by atoms with van der Waals surface area (Å²) in [5.74, 6) is -1.76. The van der Waals surface area contributed by atoms with E-state index in [1.165, 1.54) is 13.0 Å². The Labute approximate surface area is 68.3 Å². The van der Waals surface area contributed by atoms with Crippen molar-refractivity contribution in [3.8, 4) is 0 Å². The van der Waals surface area contributed by atoms with Crippen molar-refractivity contribution in [1.82, 2.24) is 5.32 Å². The smallest absolute Gasteiger partial charge is 0.325 e. The van der Waals surface area contributed by atoms with Gasteiger partial charge in [0.25, 0.3) is 0 Å². The van der Waals surface area contributed by atoms with Crippen LogP contribution in [0.5, 0.6) is 0 Å². The first-order valence-corrected chi connectivity index (χ1v) is 3.13. The van der Waals surface area contributed by atoms with Gasteiger partial charge in [0.2, 0.25) is 12.0 Å². The molecular formula is C6H8N2O4. The van der Waals surface area contributed by atoms with Crippen LogP contribution in [0.25, 0.3) is 0 Å². The molecule has 0 aliphatic rings. The van der Waals surface area contributed by atoms with E-state index in [0.717, 1.165) is 0 Å². The summed E-state index contributed by atoms with van der Waals surface area (Å²) >= 11 is 0. The molecule has 0 saturated heterocycles. The minimum absolute atomic E-state index is 0.388. The molecule has 1 atom stereocenters. The first-order valence-electron chi connectivity index (χ1n) is 3.13. The fourth-order valence-electron chi connectivity index (χ4n) is 0.453. The van der Waals surface area contributed by atoms with Crippen LogP contribution >= 0.6 is 0 Å². The van der Waals surface area contributed by atoms with Crippen molar-refractivity contribution >= 4 is 18.0 Å². The number of carboxylic acids is 1. The summed E-state index contributed by atoms with van der Waals surface area (Å²) in [6.45, 7) is 0.923. The van der Waals surface area contributed by atoms with Crippen LogP contribution in [0.1, 0.15) is 6.92 Å². The van der Waals surface area contributed by atoms with Gasteiger partial charge in [-0.05, 0) is 6.92 Å². The number of aliphatic imine (C=N–C) groups is 1. The lowest BCUT2D eigenvalue weighted by Gasteiger charge is -2.06. The summed E-state index contributed by atoms with van der Waals surface area (Å²) in [6, 6.07) is -0.973. The maximum atomic E-state index is 10.7. The van der Waals surface area contributed by atoms with Gasteiger partial charge in [-0.1, -0.05) is 0 Å². The zero-order valence-electron chi connectivity index (χ0n) is 6.40. The summed E-state index contributed by atoms with van der Waals surface area (Å²) in [7, 11) is 0. The number of carbonyl (C=O) groups excluding carboxylic acids is 2. The lowest BCUT2D eigenvalue weighted by molar-refractivity contribution is -0.141. The fraction of sp³-hybridized carbons (Fsp3) is 0.500. The normalized spacial score (nSPS) is 11.1. The lowest BCUT2D eigenvalue weighted by atomic mass is 10.3. The highest BCUT2D eigenvalue weighted by Crippen LogP contribution is 1.80. The van der Waals surface area contributed by atoms with Gasteiger partial charge in [-0.15, -0.1) is 0 Å². The third kappa shape index (κ3) is 4.19. The van der Waals surface area contributed by atoms with Gasteiger partial charge in [0.15, 0.2) is 0 Å². The molecule has 0 spiro atoms. The van der Waals surface area contributed by atoms with Crippen LogP contribution in [-0.2, 0) is 14.4 Å². The molecular weight excluding hydrogens is 164 g/mol. The minimum atomic E-state index is -1.14. The van der Waals surface area contributed by atoms with Gasteiger partial charge < -0.3 is 10.4 Å². The second-order valence-corrected chi connectivity index (χ2v) is 2.03. The highest BCUT2D eigenvalue weighted by atomic mass is 16.4. The number of aliphatic carboxylic acids is 1. The van der Waals surface area contributed by atoms with Crippen LogP contribution < -0.4 is 5.32 Å². The molecule has 66 valence electrons. The van der Waals surface area contributed by atoms with Crippen LogP contribution in [0, 0.1) is 0 Å². The zero-order chi connectivity index (χ0) is 9.56. The van der Waals surface area contributed by atoms with Gasteiger partial charge in [0.05, 0.1) is 0 Å². The average Bonchev–Trinajstić information content (AvgIpc) is 2.00. The van der Waals surface area contributed by atoms with Gasteiger partial charge in [0, 0.05) is 0 Å². The Morgan fingerprint density at radius 2 is 2.25 bits per heavy atom. The molecule has 6 heteroatoms. The molecule has 1 amide bonds. The molecule has 6 nitrogen and oxygen atoms in total. The Morgan fingerprint density at radius 1 is 1.67 bits per heavy atom. The average molecular weight is 172 g/mol. The number of amides is 1. The molecule has 0 saturated carbocycles. The standard InChI is InChI=1S/C6H8N2O4/c1-4(6(11)12)8-5(10)2-7-3-9/h4H,2H2,1H3,(H,8,10)(H,11,12). The summed E-state index contributed by atoms with van der Waals surface area (Å²) < 4.78 is 0. The summed E-state index contributed by atoms with van der Waals surface area (Å²) in [6.07, 6.45) is 1.17. The number of rotatable bonds is 4. The topological polar surface area (TPSA) is 95.8 Å². The molecule has 0 radical (unpaired) electrons. The van der Waals surface area contributed by atoms with E-state index in [0.29, 0.717) is 0 Å². The quantitative estimate of drug-likeness (QED) is 0.416. The molecule has 0 heterocycles. The van der Waals surface area contributed by atoms with Crippen molar-refractivity contribution in [2.75, 3.05) is 6.54 Å². The van der Waals surface area contributed by atoms with Crippen LogP contribution in [0.2, 0.25) is 0 Å². The second-order valence-electron chi connectivity index (χ2n) is 2.03. The highest BCUT2D eigenvalue weighted by Gasteiger charge is 2.12. The van der Waals surface area contributed by atoms with Crippen LogP contribution in [0.15, 0.2) is 4.99 Å². The molecule has 1 unspecified atom stereocenters. The zero-order valence-corrected chi connectivity index (χ0v) is 6.40. The monoisotopic (exact) mass is 172 g/mol. The van der Waals surface area contributed by atoms with Crippen molar-refractivity contribution in [2.45, 2.75) is 13.0 Å².